The number of nitrogens with one attached hydrogen (secondary N) is 1. The lowest BCUT2D eigenvalue weighted by molar-refractivity contribution is 0.385. The summed E-state index contributed by atoms with van der Waals surface area (Å²) < 4.78 is 44.5. The van der Waals surface area contributed by atoms with E-state index in [-0.39, 0.29) is 16.7 Å². The molecule has 0 heterocycles. The van der Waals surface area contributed by atoms with Gasteiger partial charge < -0.3 is 4.74 Å². The third kappa shape index (κ3) is 3.68. The minimum atomic E-state index is -3.63. The van der Waals surface area contributed by atoms with Crippen molar-refractivity contribution in [2.45, 2.75) is 37.6 Å². The summed E-state index contributed by atoms with van der Waals surface area (Å²) in [6.45, 7) is 3.77. The molecular weight excluding hydrogens is 257 g/mol. The highest BCUT2D eigenvalue weighted by Crippen LogP contribution is 2.21. The van der Waals surface area contributed by atoms with Crippen LogP contribution in [0.5, 0.6) is 5.75 Å². The Balaban J connectivity index is 2.98. The highest BCUT2D eigenvalue weighted by molar-refractivity contribution is 7.89. The van der Waals surface area contributed by atoms with E-state index in [1.54, 1.807) is 6.92 Å². The van der Waals surface area contributed by atoms with Crippen LogP contribution in [0.25, 0.3) is 0 Å². The van der Waals surface area contributed by atoms with E-state index in [1.807, 2.05) is 6.92 Å². The smallest absolute Gasteiger partial charge is 0.240 e. The topological polar surface area (TPSA) is 55.4 Å². The van der Waals surface area contributed by atoms with Crippen LogP contribution in [0.3, 0.4) is 0 Å². The van der Waals surface area contributed by atoms with Crippen LogP contribution >= 0.6 is 0 Å². The Hall–Kier alpha value is -1.14. The Labute approximate surface area is 107 Å². The predicted octanol–water partition coefficient (Wildman–Crippen LogP) is 2.30. The van der Waals surface area contributed by atoms with Gasteiger partial charge >= 0.3 is 0 Å². The van der Waals surface area contributed by atoms with Crippen LogP contribution < -0.4 is 9.46 Å². The van der Waals surface area contributed by atoms with Crippen LogP contribution in [0, 0.1) is 5.82 Å². The number of ether oxygens (including phenoxy) is 1. The molecule has 0 aromatic heterocycles. The second-order valence-electron chi connectivity index (χ2n) is 4.11. The number of rotatable bonds is 6. The van der Waals surface area contributed by atoms with Crippen LogP contribution in [-0.4, -0.2) is 21.6 Å². The fraction of sp³-hybridized carbons (Fsp3) is 0.500. The van der Waals surface area contributed by atoms with Gasteiger partial charge in [-0.3, -0.25) is 0 Å². The molecule has 1 rings (SSSR count). The Kier molecular flexibility index (Phi) is 5.10. The standard InChI is InChI=1S/C12H18FNO3S/c1-4-5-9(2)14-18(15,16)10-6-7-11(13)12(8-10)17-3/h6-9,14H,4-5H2,1-3H3/t9-/m0/s1. The maximum atomic E-state index is 13.2. The second kappa shape index (κ2) is 6.15. The highest BCUT2D eigenvalue weighted by atomic mass is 32.2. The zero-order valence-electron chi connectivity index (χ0n) is 10.7. The number of halogens is 1. The largest absolute Gasteiger partial charge is 0.494 e. The third-order valence-electron chi connectivity index (χ3n) is 2.51. The summed E-state index contributed by atoms with van der Waals surface area (Å²) >= 11 is 0. The van der Waals surface area contributed by atoms with E-state index in [0.29, 0.717) is 0 Å². The van der Waals surface area contributed by atoms with Gasteiger partial charge in [0.05, 0.1) is 12.0 Å². The van der Waals surface area contributed by atoms with Gasteiger partial charge in [-0.2, -0.15) is 0 Å². The van der Waals surface area contributed by atoms with Crippen LogP contribution in [0.4, 0.5) is 4.39 Å². The van der Waals surface area contributed by atoms with E-state index < -0.39 is 15.8 Å². The average molecular weight is 275 g/mol. The second-order valence-corrected chi connectivity index (χ2v) is 5.82. The molecule has 1 N–H and O–H groups in total. The van der Waals surface area contributed by atoms with Gasteiger partial charge in [0.15, 0.2) is 11.6 Å². The van der Waals surface area contributed by atoms with Crippen molar-refractivity contribution in [1.82, 2.24) is 4.72 Å². The Bertz CT molecular complexity index is 502. The molecule has 4 nitrogen and oxygen atoms in total. The maximum Gasteiger partial charge on any atom is 0.240 e. The van der Waals surface area contributed by atoms with Crippen molar-refractivity contribution in [3.63, 3.8) is 0 Å². The first-order valence-electron chi connectivity index (χ1n) is 5.76. The first-order valence-corrected chi connectivity index (χ1v) is 7.25. The Morgan fingerprint density at radius 1 is 1.44 bits per heavy atom. The number of benzene rings is 1. The van der Waals surface area contributed by atoms with Crippen molar-refractivity contribution in [1.29, 1.82) is 0 Å². The number of hydrogen-bond donors (Lipinski definition) is 1. The molecule has 0 spiro atoms. The van der Waals surface area contributed by atoms with E-state index >= 15 is 0 Å². The molecule has 1 aromatic rings. The molecule has 0 saturated heterocycles. The van der Waals surface area contributed by atoms with Gasteiger partial charge in [0.2, 0.25) is 10.0 Å². The minimum absolute atomic E-state index is 0.00343. The van der Waals surface area contributed by atoms with Crippen molar-refractivity contribution in [3.8, 4) is 5.75 Å². The lowest BCUT2D eigenvalue weighted by atomic mass is 10.2. The van der Waals surface area contributed by atoms with Gasteiger partial charge in [-0.25, -0.2) is 17.5 Å². The van der Waals surface area contributed by atoms with Crippen LogP contribution in [0.15, 0.2) is 23.1 Å². The highest BCUT2D eigenvalue weighted by Gasteiger charge is 2.18. The lowest BCUT2D eigenvalue weighted by Gasteiger charge is -2.13. The van der Waals surface area contributed by atoms with Crippen molar-refractivity contribution >= 4 is 10.0 Å². The Morgan fingerprint density at radius 2 is 2.11 bits per heavy atom. The molecular formula is C12H18FNO3S. The number of hydrogen-bond acceptors (Lipinski definition) is 3. The molecule has 0 saturated carbocycles. The fourth-order valence-corrected chi connectivity index (χ4v) is 2.93. The number of sulfonamides is 1. The van der Waals surface area contributed by atoms with Crippen LogP contribution in [0.2, 0.25) is 0 Å². The average Bonchev–Trinajstić information content (AvgIpc) is 2.28. The first kappa shape index (κ1) is 14.9. The summed E-state index contributed by atoms with van der Waals surface area (Å²) in [4.78, 5) is 0.00343. The van der Waals surface area contributed by atoms with Crippen molar-refractivity contribution in [2.75, 3.05) is 7.11 Å². The molecule has 0 unspecified atom stereocenters. The molecule has 0 aliphatic carbocycles. The fourth-order valence-electron chi connectivity index (χ4n) is 1.63. The monoisotopic (exact) mass is 275 g/mol. The summed E-state index contributed by atoms with van der Waals surface area (Å²) in [6, 6.07) is 3.32. The molecule has 6 heteroatoms. The normalized spacial score (nSPS) is 13.3. The van der Waals surface area contributed by atoms with Gasteiger partial charge in [-0.05, 0) is 25.5 Å². The molecule has 0 amide bonds. The van der Waals surface area contributed by atoms with Crippen LogP contribution in [-0.2, 0) is 10.0 Å². The molecule has 1 atom stereocenters. The van der Waals surface area contributed by atoms with E-state index in [4.69, 9.17) is 4.74 Å². The van der Waals surface area contributed by atoms with Crippen molar-refractivity contribution in [2.24, 2.45) is 0 Å². The summed E-state index contributed by atoms with van der Waals surface area (Å²) in [5.74, 6) is -0.668. The molecule has 102 valence electrons. The van der Waals surface area contributed by atoms with Gasteiger partial charge in [0, 0.05) is 12.1 Å². The molecule has 1 aromatic carbocycles. The lowest BCUT2D eigenvalue weighted by Crippen LogP contribution is -2.32. The summed E-state index contributed by atoms with van der Waals surface area (Å²) in [5, 5.41) is 0. The van der Waals surface area contributed by atoms with E-state index in [1.165, 1.54) is 19.2 Å². The van der Waals surface area contributed by atoms with E-state index in [2.05, 4.69) is 4.72 Å². The molecule has 0 aliphatic rings. The zero-order valence-corrected chi connectivity index (χ0v) is 11.6. The van der Waals surface area contributed by atoms with Gasteiger partial charge in [-0.1, -0.05) is 13.3 Å². The summed E-state index contributed by atoms with van der Waals surface area (Å²) in [6.07, 6.45) is 1.63. The van der Waals surface area contributed by atoms with Gasteiger partial charge in [-0.15, -0.1) is 0 Å². The summed E-state index contributed by atoms with van der Waals surface area (Å²) in [7, 11) is -2.33. The molecule has 0 aliphatic heterocycles. The predicted molar refractivity (Wildman–Crippen MR) is 67.6 cm³/mol. The SMILES string of the molecule is CCC[C@H](C)NS(=O)(=O)c1ccc(F)c(OC)c1. The zero-order chi connectivity index (χ0) is 13.8. The summed E-state index contributed by atoms with van der Waals surface area (Å²) in [5.41, 5.74) is 0. The molecule has 0 bridgehead atoms. The number of methoxy groups -OCH3 is 1. The first-order chi connectivity index (χ1) is 8.40. The van der Waals surface area contributed by atoms with E-state index in [9.17, 15) is 12.8 Å². The van der Waals surface area contributed by atoms with Crippen molar-refractivity contribution in [3.05, 3.63) is 24.0 Å². The van der Waals surface area contributed by atoms with E-state index in [0.717, 1.165) is 18.9 Å². The van der Waals surface area contributed by atoms with Gasteiger partial charge in [0.1, 0.15) is 0 Å². The molecule has 0 radical (unpaired) electrons. The van der Waals surface area contributed by atoms with Gasteiger partial charge in [0.25, 0.3) is 0 Å². The third-order valence-corrected chi connectivity index (χ3v) is 4.10. The minimum Gasteiger partial charge on any atom is -0.494 e. The van der Waals surface area contributed by atoms with Crippen LogP contribution in [0.1, 0.15) is 26.7 Å². The van der Waals surface area contributed by atoms with Crippen molar-refractivity contribution < 1.29 is 17.5 Å². The maximum absolute atomic E-state index is 13.2. The Morgan fingerprint density at radius 3 is 2.67 bits per heavy atom. The quantitative estimate of drug-likeness (QED) is 0.866. The molecule has 18 heavy (non-hydrogen) atoms. The molecule has 0 fully saturated rings.